The maximum atomic E-state index is 5.97. The summed E-state index contributed by atoms with van der Waals surface area (Å²) in [6, 6.07) is 4.44. The van der Waals surface area contributed by atoms with E-state index in [9.17, 15) is 0 Å². The van der Waals surface area contributed by atoms with Crippen LogP contribution in [-0.2, 0) is 11.3 Å². The summed E-state index contributed by atoms with van der Waals surface area (Å²) < 4.78 is 11.3. The highest BCUT2D eigenvalue weighted by Crippen LogP contribution is 2.21. The number of nitrogens with zero attached hydrogens (tertiary/aromatic N) is 1. The van der Waals surface area contributed by atoms with Gasteiger partial charge in [-0.15, -0.1) is 0 Å². The van der Waals surface area contributed by atoms with Crippen LogP contribution in [-0.4, -0.2) is 30.3 Å². The molecule has 1 fully saturated rings. The van der Waals surface area contributed by atoms with Crippen molar-refractivity contribution in [2.45, 2.75) is 45.9 Å². The van der Waals surface area contributed by atoms with Gasteiger partial charge >= 0.3 is 0 Å². The summed E-state index contributed by atoms with van der Waals surface area (Å²) in [5.74, 6) is 0.879. The normalized spacial score (nSPS) is 19.4. The van der Waals surface area contributed by atoms with Crippen molar-refractivity contribution in [1.29, 1.82) is 0 Å². The molecule has 0 aromatic carbocycles. The first-order valence-corrected chi connectivity index (χ1v) is 6.59. The Morgan fingerprint density at radius 2 is 2.33 bits per heavy atom. The first kappa shape index (κ1) is 13.3. The van der Waals surface area contributed by atoms with Gasteiger partial charge in [-0.05, 0) is 19.1 Å². The number of aryl methyl sites for hydroxylation is 1. The number of rotatable bonds is 5. The zero-order chi connectivity index (χ0) is 13.0. The molecule has 1 aromatic rings. The van der Waals surface area contributed by atoms with Crippen LogP contribution in [0.3, 0.4) is 0 Å². The number of nitrogens with one attached hydrogen (secondary N) is 1. The standard InChI is InChI=1S/C14H22N2O2/c1-10(2)15-8-13-14(5-4-11(3)16-13)18-12-6-7-17-9-12/h4-5,10,12,15H,6-9H2,1-3H3. The van der Waals surface area contributed by atoms with E-state index in [1.54, 1.807) is 0 Å². The summed E-state index contributed by atoms with van der Waals surface area (Å²) in [5, 5.41) is 3.38. The van der Waals surface area contributed by atoms with Crippen molar-refractivity contribution >= 4 is 0 Å². The lowest BCUT2D eigenvalue weighted by Gasteiger charge is -2.16. The number of ether oxygens (including phenoxy) is 2. The Morgan fingerprint density at radius 1 is 1.50 bits per heavy atom. The van der Waals surface area contributed by atoms with Gasteiger partial charge in [-0.25, -0.2) is 0 Å². The van der Waals surface area contributed by atoms with E-state index in [1.165, 1.54) is 0 Å². The fraction of sp³-hybridized carbons (Fsp3) is 0.643. The van der Waals surface area contributed by atoms with Gasteiger partial charge in [0.25, 0.3) is 0 Å². The minimum absolute atomic E-state index is 0.173. The highest BCUT2D eigenvalue weighted by atomic mass is 16.5. The lowest BCUT2D eigenvalue weighted by molar-refractivity contribution is 0.140. The largest absolute Gasteiger partial charge is 0.486 e. The molecular weight excluding hydrogens is 228 g/mol. The molecule has 1 unspecified atom stereocenters. The Labute approximate surface area is 109 Å². The van der Waals surface area contributed by atoms with Crippen LogP contribution in [0.15, 0.2) is 12.1 Å². The van der Waals surface area contributed by atoms with Crippen LogP contribution in [0.2, 0.25) is 0 Å². The molecule has 18 heavy (non-hydrogen) atoms. The van der Waals surface area contributed by atoms with Crippen LogP contribution in [0.1, 0.15) is 31.7 Å². The zero-order valence-electron chi connectivity index (χ0n) is 11.4. The Morgan fingerprint density at radius 3 is 3.00 bits per heavy atom. The van der Waals surface area contributed by atoms with Gasteiger partial charge in [0, 0.05) is 24.7 Å². The van der Waals surface area contributed by atoms with Crippen LogP contribution < -0.4 is 10.1 Å². The molecule has 1 saturated heterocycles. The first-order valence-electron chi connectivity index (χ1n) is 6.59. The second-order valence-corrected chi connectivity index (χ2v) is 5.04. The van der Waals surface area contributed by atoms with Gasteiger partial charge in [0.15, 0.2) is 0 Å². The van der Waals surface area contributed by atoms with Gasteiger partial charge in [-0.2, -0.15) is 0 Å². The van der Waals surface area contributed by atoms with Crippen molar-refractivity contribution in [3.05, 3.63) is 23.5 Å². The van der Waals surface area contributed by atoms with Crippen LogP contribution in [0.5, 0.6) is 5.75 Å². The van der Waals surface area contributed by atoms with Gasteiger partial charge in [-0.3, -0.25) is 4.98 Å². The van der Waals surface area contributed by atoms with E-state index in [0.29, 0.717) is 12.6 Å². The molecule has 1 aliphatic heterocycles. The van der Waals surface area contributed by atoms with Crippen LogP contribution >= 0.6 is 0 Å². The van der Waals surface area contributed by atoms with E-state index in [4.69, 9.17) is 9.47 Å². The fourth-order valence-electron chi connectivity index (χ4n) is 1.92. The highest BCUT2D eigenvalue weighted by Gasteiger charge is 2.19. The molecule has 0 saturated carbocycles. The molecule has 2 heterocycles. The molecule has 1 N–H and O–H groups in total. The summed E-state index contributed by atoms with van der Waals surface area (Å²) in [4.78, 5) is 4.56. The third-order valence-corrected chi connectivity index (χ3v) is 2.93. The second kappa shape index (κ2) is 6.16. The minimum Gasteiger partial charge on any atom is -0.486 e. The summed E-state index contributed by atoms with van der Waals surface area (Å²) in [5.41, 5.74) is 2.00. The summed E-state index contributed by atoms with van der Waals surface area (Å²) in [6.45, 7) is 8.47. The predicted molar refractivity (Wildman–Crippen MR) is 70.8 cm³/mol. The number of aromatic nitrogens is 1. The van der Waals surface area contributed by atoms with E-state index in [1.807, 2.05) is 19.1 Å². The third kappa shape index (κ3) is 3.68. The lowest BCUT2D eigenvalue weighted by Crippen LogP contribution is -2.24. The summed E-state index contributed by atoms with van der Waals surface area (Å²) >= 11 is 0. The smallest absolute Gasteiger partial charge is 0.142 e. The zero-order valence-corrected chi connectivity index (χ0v) is 11.4. The number of hydrogen-bond acceptors (Lipinski definition) is 4. The SMILES string of the molecule is Cc1ccc(OC2CCOC2)c(CNC(C)C)n1. The Kier molecular flexibility index (Phi) is 4.55. The molecule has 2 rings (SSSR count). The van der Waals surface area contributed by atoms with Crippen molar-refractivity contribution in [1.82, 2.24) is 10.3 Å². The molecule has 0 bridgehead atoms. The van der Waals surface area contributed by atoms with E-state index in [2.05, 4.69) is 24.1 Å². The molecule has 0 spiro atoms. The maximum Gasteiger partial charge on any atom is 0.142 e. The van der Waals surface area contributed by atoms with Crippen LogP contribution in [0, 0.1) is 6.92 Å². The molecule has 0 aliphatic carbocycles. The van der Waals surface area contributed by atoms with Crippen molar-refractivity contribution in [3.63, 3.8) is 0 Å². The molecule has 4 heteroatoms. The molecule has 4 nitrogen and oxygen atoms in total. The van der Waals surface area contributed by atoms with E-state index < -0.39 is 0 Å². The van der Waals surface area contributed by atoms with E-state index in [-0.39, 0.29) is 6.10 Å². The van der Waals surface area contributed by atoms with Crippen molar-refractivity contribution in [2.24, 2.45) is 0 Å². The van der Waals surface area contributed by atoms with E-state index >= 15 is 0 Å². The number of pyridine rings is 1. The second-order valence-electron chi connectivity index (χ2n) is 5.04. The molecule has 0 amide bonds. The van der Waals surface area contributed by atoms with Crippen molar-refractivity contribution < 1.29 is 9.47 Å². The number of hydrogen-bond donors (Lipinski definition) is 1. The molecule has 1 aromatic heterocycles. The average Bonchev–Trinajstić information content (AvgIpc) is 2.82. The predicted octanol–water partition coefficient (Wildman–Crippen LogP) is 2.06. The molecule has 1 atom stereocenters. The van der Waals surface area contributed by atoms with Crippen LogP contribution in [0.25, 0.3) is 0 Å². The fourth-order valence-corrected chi connectivity index (χ4v) is 1.92. The van der Waals surface area contributed by atoms with Gasteiger partial charge in [0.2, 0.25) is 0 Å². The van der Waals surface area contributed by atoms with Crippen molar-refractivity contribution in [3.8, 4) is 5.75 Å². The minimum atomic E-state index is 0.173. The van der Waals surface area contributed by atoms with Gasteiger partial charge in [0.1, 0.15) is 11.9 Å². The summed E-state index contributed by atoms with van der Waals surface area (Å²) in [6.07, 6.45) is 1.14. The van der Waals surface area contributed by atoms with Gasteiger partial charge < -0.3 is 14.8 Å². The van der Waals surface area contributed by atoms with Crippen LogP contribution in [0.4, 0.5) is 0 Å². The Bertz CT molecular complexity index is 387. The monoisotopic (exact) mass is 250 g/mol. The van der Waals surface area contributed by atoms with Gasteiger partial charge in [-0.1, -0.05) is 13.8 Å². The molecular formula is C14H22N2O2. The topological polar surface area (TPSA) is 43.4 Å². The third-order valence-electron chi connectivity index (χ3n) is 2.93. The molecule has 100 valence electrons. The Balaban J connectivity index is 2.06. The van der Waals surface area contributed by atoms with Gasteiger partial charge in [0.05, 0.1) is 18.9 Å². The quantitative estimate of drug-likeness (QED) is 0.868. The Hall–Kier alpha value is -1.13. The molecule has 1 aliphatic rings. The average molecular weight is 250 g/mol. The van der Waals surface area contributed by atoms with E-state index in [0.717, 1.165) is 36.7 Å². The summed E-state index contributed by atoms with van der Waals surface area (Å²) in [7, 11) is 0. The lowest BCUT2D eigenvalue weighted by atomic mass is 10.2. The molecule has 0 radical (unpaired) electrons. The van der Waals surface area contributed by atoms with Crippen molar-refractivity contribution in [2.75, 3.05) is 13.2 Å². The highest BCUT2D eigenvalue weighted by molar-refractivity contribution is 5.29. The first-order chi connectivity index (χ1) is 8.65. The maximum absolute atomic E-state index is 5.97.